The van der Waals surface area contributed by atoms with Gasteiger partial charge in [-0.1, -0.05) is 13.8 Å². The van der Waals surface area contributed by atoms with Crippen molar-refractivity contribution in [3.8, 4) is 0 Å². The zero-order chi connectivity index (χ0) is 11.0. The Labute approximate surface area is 113 Å². The Morgan fingerprint density at radius 3 is 2.40 bits per heavy atom. The number of hydrogen-bond donors (Lipinski definition) is 0. The summed E-state index contributed by atoms with van der Waals surface area (Å²) in [5.74, 6) is 1.67. The molecule has 2 nitrogen and oxygen atoms in total. The summed E-state index contributed by atoms with van der Waals surface area (Å²) in [7, 11) is 0. The number of hydrogen-bond acceptors (Lipinski definition) is 1. The third-order valence-electron chi connectivity index (χ3n) is 3.17. The van der Waals surface area contributed by atoms with E-state index >= 15 is 0 Å². The van der Waals surface area contributed by atoms with E-state index in [0.717, 1.165) is 20.0 Å². The van der Waals surface area contributed by atoms with E-state index in [1.807, 2.05) is 0 Å². The van der Waals surface area contributed by atoms with Gasteiger partial charge in [-0.05, 0) is 69.6 Å². The van der Waals surface area contributed by atoms with Crippen molar-refractivity contribution in [1.82, 2.24) is 9.78 Å². The molecular formula is C11H16BrIN2. The van der Waals surface area contributed by atoms with E-state index in [-0.39, 0.29) is 0 Å². The molecule has 1 aliphatic rings. The molecule has 1 heterocycles. The second kappa shape index (κ2) is 4.73. The van der Waals surface area contributed by atoms with Gasteiger partial charge in [-0.2, -0.15) is 5.10 Å². The van der Waals surface area contributed by atoms with Crippen molar-refractivity contribution in [3.05, 3.63) is 14.4 Å². The predicted octanol–water partition coefficient (Wildman–Crippen LogP) is 4.25. The molecule has 2 unspecified atom stereocenters. The van der Waals surface area contributed by atoms with E-state index in [2.05, 4.69) is 68.3 Å². The molecule has 0 aromatic carbocycles. The lowest BCUT2D eigenvalue weighted by Gasteiger charge is -2.31. The smallest absolute Gasteiger partial charge is 0.137 e. The first-order valence-corrected chi connectivity index (χ1v) is 7.33. The maximum absolute atomic E-state index is 4.56. The predicted molar refractivity (Wildman–Crippen MR) is 73.9 cm³/mol. The van der Waals surface area contributed by atoms with Crippen LogP contribution in [0.1, 0.15) is 39.2 Å². The van der Waals surface area contributed by atoms with E-state index in [0.29, 0.717) is 6.04 Å². The van der Waals surface area contributed by atoms with Gasteiger partial charge in [0.05, 0.1) is 10.5 Å². The molecule has 2 atom stereocenters. The van der Waals surface area contributed by atoms with Gasteiger partial charge in [0.25, 0.3) is 0 Å². The highest BCUT2D eigenvalue weighted by Gasteiger charge is 2.25. The minimum absolute atomic E-state index is 0.601. The molecule has 1 aromatic rings. The Kier molecular flexibility index (Phi) is 3.75. The number of nitrogens with zero attached hydrogens (tertiary/aromatic N) is 2. The third kappa shape index (κ3) is 2.75. The summed E-state index contributed by atoms with van der Waals surface area (Å²) in [5.41, 5.74) is 0. The summed E-state index contributed by atoms with van der Waals surface area (Å²) < 4.78 is 4.34. The summed E-state index contributed by atoms with van der Waals surface area (Å²) in [4.78, 5) is 0. The van der Waals surface area contributed by atoms with Crippen LogP contribution in [0.4, 0.5) is 0 Å². The second-order valence-electron chi connectivity index (χ2n) is 4.82. The molecule has 1 aliphatic carbocycles. The van der Waals surface area contributed by atoms with Crippen LogP contribution in [0.25, 0.3) is 0 Å². The van der Waals surface area contributed by atoms with Crippen molar-refractivity contribution in [3.63, 3.8) is 0 Å². The maximum Gasteiger partial charge on any atom is 0.137 e. The monoisotopic (exact) mass is 382 g/mol. The van der Waals surface area contributed by atoms with Gasteiger partial charge in [0.1, 0.15) is 3.70 Å². The molecule has 1 aromatic heterocycles. The molecule has 1 saturated carbocycles. The first-order chi connectivity index (χ1) is 7.06. The van der Waals surface area contributed by atoms with Crippen LogP contribution in [0.2, 0.25) is 0 Å². The van der Waals surface area contributed by atoms with Crippen LogP contribution in [0, 0.1) is 15.5 Å². The van der Waals surface area contributed by atoms with Crippen molar-refractivity contribution in [2.75, 3.05) is 0 Å². The summed E-state index contributed by atoms with van der Waals surface area (Å²) in [6.07, 6.45) is 6.04. The lowest BCUT2D eigenvalue weighted by molar-refractivity contribution is 0.209. The molecule has 0 aliphatic heterocycles. The second-order valence-corrected chi connectivity index (χ2v) is 6.70. The zero-order valence-electron chi connectivity index (χ0n) is 9.08. The zero-order valence-corrected chi connectivity index (χ0v) is 12.8. The van der Waals surface area contributed by atoms with Crippen molar-refractivity contribution in [2.45, 2.75) is 39.2 Å². The Hall–Kier alpha value is 0.420. The molecule has 4 heteroatoms. The molecule has 15 heavy (non-hydrogen) atoms. The Morgan fingerprint density at radius 1 is 1.33 bits per heavy atom. The molecule has 0 bridgehead atoms. The number of aromatic nitrogens is 2. The van der Waals surface area contributed by atoms with Gasteiger partial charge in [-0.3, -0.25) is 4.68 Å². The largest absolute Gasteiger partial charge is 0.267 e. The van der Waals surface area contributed by atoms with Crippen LogP contribution < -0.4 is 0 Å². The molecular weight excluding hydrogens is 367 g/mol. The molecule has 0 saturated heterocycles. The summed E-state index contributed by atoms with van der Waals surface area (Å²) in [6.45, 7) is 4.71. The molecule has 0 N–H and O–H groups in total. The highest BCUT2D eigenvalue weighted by Crippen LogP contribution is 2.36. The van der Waals surface area contributed by atoms with Gasteiger partial charge in [0.15, 0.2) is 0 Å². The molecule has 84 valence electrons. The Balaban J connectivity index is 2.16. The normalized spacial score (nSPS) is 31.9. The average Bonchev–Trinajstić information content (AvgIpc) is 2.45. The molecule has 0 radical (unpaired) electrons. The maximum atomic E-state index is 4.56. The van der Waals surface area contributed by atoms with E-state index in [1.54, 1.807) is 0 Å². The lowest BCUT2D eigenvalue weighted by Crippen LogP contribution is -2.23. The van der Waals surface area contributed by atoms with E-state index in [9.17, 15) is 0 Å². The van der Waals surface area contributed by atoms with Gasteiger partial charge in [-0.15, -0.1) is 0 Å². The Bertz CT molecular complexity index is 321. The lowest BCUT2D eigenvalue weighted by atomic mass is 9.80. The summed E-state index contributed by atoms with van der Waals surface area (Å²) in [5, 5.41) is 4.56. The standard InChI is InChI=1S/C11H16BrIN2/c1-7-3-8(2)5-9(4-7)15-6-10(12)11(13)14-15/h6-9H,3-5H2,1-2H3. The van der Waals surface area contributed by atoms with Crippen LogP contribution in [0.3, 0.4) is 0 Å². The van der Waals surface area contributed by atoms with Crippen molar-refractivity contribution >= 4 is 38.5 Å². The number of rotatable bonds is 1. The van der Waals surface area contributed by atoms with Crippen LogP contribution in [0.15, 0.2) is 10.7 Å². The number of halogens is 2. The topological polar surface area (TPSA) is 17.8 Å². The Morgan fingerprint density at radius 2 is 1.93 bits per heavy atom. The SMILES string of the molecule is CC1CC(C)CC(n2cc(Br)c(I)n2)C1. The summed E-state index contributed by atoms with van der Waals surface area (Å²) >= 11 is 5.80. The van der Waals surface area contributed by atoms with Crippen LogP contribution in [-0.2, 0) is 0 Å². The average molecular weight is 383 g/mol. The van der Waals surface area contributed by atoms with E-state index in [1.165, 1.54) is 19.3 Å². The summed E-state index contributed by atoms with van der Waals surface area (Å²) in [6, 6.07) is 0.601. The van der Waals surface area contributed by atoms with Crippen LogP contribution in [0.5, 0.6) is 0 Å². The molecule has 1 fully saturated rings. The first-order valence-electron chi connectivity index (χ1n) is 5.46. The molecule has 0 spiro atoms. The van der Waals surface area contributed by atoms with Crippen LogP contribution >= 0.6 is 38.5 Å². The fourth-order valence-corrected chi connectivity index (χ4v) is 3.33. The van der Waals surface area contributed by atoms with E-state index in [4.69, 9.17) is 0 Å². The van der Waals surface area contributed by atoms with Gasteiger partial charge in [0, 0.05) is 6.20 Å². The molecule has 2 rings (SSSR count). The van der Waals surface area contributed by atoms with Crippen molar-refractivity contribution in [2.24, 2.45) is 11.8 Å². The van der Waals surface area contributed by atoms with Crippen molar-refractivity contribution < 1.29 is 0 Å². The fraction of sp³-hybridized carbons (Fsp3) is 0.727. The van der Waals surface area contributed by atoms with Gasteiger partial charge in [-0.25, -0.2) is 0 Å². The van der Waals surface area contributed by atoms with Gasteiger partial charge in [0.2, 0.25) is 0 Å². The quantitative estimate of drug-likeness (QED) is 0.664. The first kappa shape index (κ1) is 11.9. The van der Waals surface area contributed by atoms with Crippen molar-refractivity contribution in [1.29, 1.82) is 0 Å². The highest BCUT2D eigenvalue weighted by molar-refractivity contribution is 14.1. The fourth-order valence-electron chi connectivity index (χ4n) is 2.65. The van der Waals surface area contributed by atoms with E-state index < -0.39 is 0 Å². The van der Waals surface area contributed by atoms with Crippen LogP contribution in [-0.4, -0.2) is 9.78 Å². The molecule has 0 amide bonds. The van der Waals surface area contributed by atoms with Gasteiger partial charge >= 0.3 is 0 Å². The minimum atomic E-state index is 0.601. The third-order valence-corrected chi connectivity index (χ3v) is 5.29. The van der Waals surface area contributed by atoms with Gasteiger partial charge < -0.3 is 0 Å². The minimum Gasteiger partial charge on any atom is -0.267 e. The highest BCUT2D eigenvalue weighted by atomic mass is 127.